The van der Waals surface area contributed by atoms with E-state index in [1.165, 1.54) is 11.8 Å². The molecule has 2 saturated heterocycles. The lowest BCUT2D eigenvalue weighted by Gasteiger charge is -2.36. The van der Waals surface area contributed by atoms with Crippen LogP contribution in [0.15, 0.2) is 28.0 Å². The second-order valence-corrected chi connectivity index (χ2v) is 10.8. The molecule has 0 saturated carbocycles. The number of hydrogen-bond acceptors (Lipinski definition) is 6. The number of aromatic nitrogens is 2. The first-order valence-corrected chi connectivity index (χ1v) is 12.5. The van der Waals surface area contributed by atoms with E-state index in [0.29, 0.717) is 44.6 Å². The van der Waals surface area contributed by atoms with Crippen LogP contribution in [0.25, 0.3) is 11.7 Å². The molecule has 0 aliphatic carbocycles. The minimum atomic E-state index is -0.154. The maximum atomic E-state index is 13.6. The predicted molar refractivity (Wildman–Crippen MR) is 136 cm³/mol. The third-order valence-electron chi connectivity index (χ3n) is 6.04. The highest BCUT2D eigenvalue weighted by atomic mass is 32.2. The second kappa shape index (κ2) is 9.35. The van der Waals surface area contributed by atoms with Gasteiger partial charge in [0, 0.05) is 25.8 Å². The van der Waals surface area contributed by atoms with Crippen LogP contribution in [0, 0.1) is 18.8 Å². The van der Waals surface area contributed by atoms with Crippen LogP contribution < -0.4 is 10.5 Å². The molecular weight excluding hydrogens is 440 g/mol. The van der Waals surface area contributed by atoms with Crippen LogP contribution in [-0.4, -0.2) is 44.1 Å². The quantitative estimate of drug-likeness (QED) is 0.474. The number of aryl methyl sites for hydroxylation is 1. The molecule has 4 heterocycles. The van der Waals surface area contributed by atoms with Gasteiger partial charge in [-0.15, -0.1) is 0 Å². The average Bonchev–Trinajstić information content (AvgIpc) is 3.00. The van der Waals surface area contributed by atoms with Gasteiger partial charge < -0.3 is 4.90 Å². The van der Waals surface area contributed by atoms with Gasteiger partial charge in [0.05, 0.1) is 10.5 Å². The van der Waals surface area contributed by atoms with Crippen molar-refractivity contribution in [1.29, 1.82) is 0 Å². The number of carbonyl (C=O) groups excluding carboxylic acids is 1. The van der Waals surface area contributed by atoms with Crippen molar-refractivity contribution in [3.05, 3.63) is 44.7 Å². The number of rotatable bonds is 5. The number of thioether (sulfide) groups is 1. The maximum absolute atomic E-state index is 13.6. The number of amides is 1. The van der Waals surface area contributed by atoms with Crippen LogP contribution in [-0.2, 0) is 4.79 Å². The molecule has 4 rings (SSSR count). The Bertz CT molecular complexity index is 1150. The molecular formula is C24H30N4O2S2. The van der Waals surface area contributed by atoms with Gasteiger partial charge in [0.15, 0.2) is 0 Å². The fourth-order valence-corrected chi connectivity index (χ4v) is 5.88. The Kier molecular flexibility index (Phi) is 6.72. The molecule has 1 amide bonds. The summed E-state index contributed by atoms with van der Waals surface area (Å²) in [4.78, 5) is 35.9. The normalized spacial score (nSPS) is 23.1. The number of piperidine rings is 1. The number of carbonyl (C=O) groups is 1. The zero-order valence-electron chi connectivity index (χ0n) is 19.1. The molecule has 2 aliphatic heterocycles. The van der Waals surface area contributed by atoms with E-state index in [1.807, 2.05) is 19.1 Å². The van der Waals surface area contributed by atoms with E-state index < -0.39 is 0 Å². The first kappa shape index (κ1) is 23.0. The molecule has 0 N–H and O–H groups in total. The van der Waals surface area contributed by atoms with E-state index in [1.54, 1.807) is 21.6 Å². The van der Waals surface area contributed by atoms with Gasteiger partial charge in [-0.05, 0) is 49.3 Å². The summed E-state index contributed by atoms with van der Waals surface area (Å²) in [5.74, 6) is 1.57. The summed E-state index contributed by atoms with van der Waals surface area (Å²) in [6.45, 7) is 10.8. The molecule has 8 heteroatoms. The molecule has 2 atom stereocenters. The van der Waals surface area contributed by atoms with Crippen LogP contribution in [0.5, 0.6) is 0 Å². The van der Waals surface area contributed by atoms with Crippen molar-refractivity contribution in [1.82, 2.24) is 14.3 Å². The zero-order valence-corrected chi connectivity index (χ0v) is 20.8. The van der Waals surface area contributed by atoms with Crippen LogP contribution in [0.1, 0.15) is 51.2 Å². The van der Waals surface area contributed by atoms with E-state index in [2.05, 4.69) is 25.7 Å². The second-order valence-electron chi connectivity index (χ2n) is 9.13. The van der Waals surface area contributed by atoms with Crippen molar-refractivity contribution in [3.8, 4) is 0 Å². The van der Waals surface area contributed by atoms with Gasteiger partial charge in [0.25, 0.3) is 11.5 Å². The molecule has 2 fully saturated rings. The van der Waals surface area contributed by atoms with Crippen molar-refractivity contribution in [2.75, 3.05) is 24.5 Å². The fourth-order valence-electron chi connectivity index (χ4n) is 4.59. The van der Waals surface area contributed by atoms with Gasteiger partial charge in [0.2, 0.25) is 0 Å². The average molecular weight is 471 g/mol. The van der Waals surface area contributed by atoms with Crippen molar-refractivity contribution in [2.24, 2.45) is 11.8 Å². The van der Waals surface area contributed by atoms with E-state index in [0.717, 1.165) is 37.9 Å². The summed E-state index contributed by atoms with van der Waals surface area (Å²) >= 11 is 6.73. The molecule has 2 aromatic heterocycles. The zero-order chi connectivity index (χ0) is 23.0. The van der Waals surface area contributed by atoms with Crippen LogP contribution in [0.2, 0.25) is 0 Å². The van der Waals surface area contributed by atoms with Crippen molar-refractivity contribution >= 4 is 51.7 Å². The van der Waals surface area contributed by atoms with Crippen molar-refractivity contribution in [3.63, 3.8) is 0 Å². The Morgan fingerprint density at radius 1 is 1.22 bits per heavy atom. The number of anilines is 1. The van der Waals surface area contributed by atoms with E-state index >= 15 is 0 Å². The lowest BCUT2D eigenvalue weighted by atomic mass is 9.91. The first-order chi connectivity index (χ1) is 15.3. The summed E-state index contributed by atoms with van der Waals surface area (Å²) in [5.41, 5.74) is 1.91. The third kappa shape index (κ3) is 4.48. The maximum Gasteiger partial charge on any atom is 0.267 e. The monoisotopic (exact) mass is 470 g/mol. The molecule has 6 nitrogen and oxygen atoms in total. The summed E-state index contributed by atoms with van der Waals surface area (Å²) < 4.78 is 2.14. The Morgan fingerprint density at radius 3 is 2.62 bits per heavy atom. The van der Waals surface area contributed by atoms with Crippen LogP contribution in [0.3, 0.4) is 0 Å². The topological polar surface area (TPSA) is 57.9 Å². The Balaban J connectivity index is 1.84. The minimum Gasteiger partial charge on any atom is -0.355 e. The van der Waals surface area contributed by atoms with Gasteiger partial charge in [-0.3, -0.25) is 18.9 Å². The SMILES string of the molecule is CCCCN1C(=O)/C(=C\c2c(N3C[C@H](C)C[C@@H](C)C3)nc3ccc(C)cn3c2=O)SC1=S. The van der Waals surface area contributed by atoms with Gasteiger partial charge in [-0.25, -0.2) is 4.98 Å². The van der Waals surface area contributed by atoms with Crippen molar-refractivity contribution < 1.29 is 4.79 Å². The fraction of sp³-hybridized carbons (Fsp3) is 0.500. The highest BCUT2D eigenvalue weighted by Crippen LogP contribution is 2.34. The van der Waals surface area contributed by atoms with Gasteiger partial charge in [-0.2, -0.15) is 0 Å². The number of thiocarbonyl (C=S) groups is 1. The van der Waals surface area contributed by atoms with Crippen LogP contribution in [0.4, 0.5) is 5.82 Å². The molecule has 2 aliphatic rings. The Labute approximate surface area is 198 Å². The molecule has 2 aromatic rings. The van der Waals surface area contributed by atoms with Gasteiger partial charge >= 0.3 is 0 Å². The highest BCUT2D eigenvalue weighted by Gasteiger charge is 2.33. The Morgan fingerprint density at radius 2 is 1.94 bits per heavy atom. The molecule has 0 spiro atoms. The van der Waals surface area contributed by atoms with E-state index in [9.17, 15) is 9.59 Å². The summed E-state index contributed by atoms with van der Waals surface area (Å²) in [5, 5.41) is 0. The molecule has 0 bridgehead atoms. The minimum absolute atomic E-state index is 0.117. The number of hydrogen-bond donors (Lipinski definition) is 0. The Hall–Kier alpha value is -2.19. The number of unbranched alkanes of at least 4 members (excludes halogenated alkanes) is 1. The van der Waals surface area contributed by atoms with Gasteiger partial charge in [0.1, 0.15) is 15.8 Å². The largest absolute Gasteiger partial charge is 0.355 e. The summed E-state index contributed by atoms with van der Waals surface area (Å²) in [6, 6.07) is 3.84. The third-order valence-corrected chi connectivity index (χ3v) is 7.42. The molecule has 170 valence electrons. The van der Waals surface area contributed by atoms with E-state index in [4.69, 9.17) is 17.2 Å². The summed E-state index contributed by atoms with van der Waals surface area (Å²) in [6.07, 6.45) is 6.57. The standard InChI is InChI=1S/C24H30N4O2S2/c1-5-6-9-27-23(30)19(32-24(27)31)11-18-21(26-12-16(3)10-17(4)13-26)25-20-8-7-15(2)14-28(20)22(18)29/h7-8,11,14,16-17H,5-6,9-10,12-13H2,1-4H3/b19-11+/t16-,17-/m1/s1. The lowest BCUT2D eigenvalue weighted by molar-refractivity contribution is -0.122. The number of fused-ring (bicyclic) bond motifs is 1. The van der Waals surface area contributed by atoms with Crippen molar-refractivity contribution in [2.45, 2.75) is 47.0 Å². The predicted octanol–water partition coefficient (Wildman–Crippen LogP) is 4.49. The molecule has 0 unspecified atom stereocenters. The highest BCUT2D eigenvalue weighted by molar-refractivity contribution is 8.26. The van der Waals surface area contributed by atoms with Crippen LogP contribution >= 0.6 is 24.0 Å². The van der Waals surface area contributed by atoms with Gasteiger partial charge in [-0.1, -0.05) is 57.2 Å². The van der Waals surface area contributed by atoms with E-state index in [-0.39, 0.29) is 11.5 Å². The molecule has 32 heavy (non-hydrogen) atoms. The lowest BCUT2D eigenvalue weighted by Crippen LogP contribution is -2.40. The number of nitrogens with zero attached hydrogens (tertiary/aromatic N) is 4. The first-order valence-electron chi connectivity index (χ1n) is 11.3. The smallest absolute Gasteiger partial charge is 0.267 e. The molecule has 0 radical (unpaired) electrons. The number of pyridine rings is 1. The summed E-state index contributed by atoms with van der Waals surface area (Å²) in [7, 11) is 0. The molecule has 0 aromatic carbocycles.